The molecule has 0 radical (unpaired) electrons. The van der Waals surface area contributed by atoms with Gasteiger partial charge in [0.25, 0.3) is 0 Å². The first-order valence-corrected chi connectivity index (χ1v) is 4.49. The van der Waals surface area contributed by atoms with Gasteiger partial charge in [-0.25, -0.2) is 4.39 Å². The Kier molecular flexibility index (Phi) is 4.06. The number of carboxylic acids is 1. The van der Waals surface area contributed by atoms with Crippen molar-refractivity contribution in [2.24, 2.45) is 0 Å². The summed E-state index contributed by atoms with van der Waals surface area (Å²) in [5.41, 5.74) is 0.601. The number of rotatable bonds is 2. The van der Waals surface area contributed by atoms with Gasteiger partial charge in [-0.05, 0) is 18.2 Å². The molecule has 0 aliphatic carbocycles. The highest BCUT2D eigenvalue weighted by molar-refractivity contribution is 5.70. The maximum atomic E-state index is 13.2. The van der Waals surface area contributed by atoms with Crippen LogP contribution in [0.1, 0.15) is 17.5 Å². The lowest BCUT2D eigenvalue weighted by Gasteiger charge is -2.00. The highest BCUT2D eigenvalue weighted by atomic mass is 19.1. The Morgan fingerprint density at radius 2 is 2.25 bits per heavy atom. The summed E-state index contributed by atoms with van der Waals surface area (Å²) in [5.74, 6) is 3.57. The molecular weight excluding hydrogens is 209 g/mol. The van der Waals surface area contributed by atoms with Crippen molar-refractivity contribution in [1.82, 2.24) is 0 Å². The van der Waals surface area contributed by atoms with Gasteiger partial charge in [-0.15, -0.1) is 0 Å². The molecule has 3 nitrogen and oxygen atoms in total. The van der Waals surface area contributed by atoms with Crippen LogP contribution in [0.3, 0.4) is 0 Å². The first kappa shape index (κ1) is 11.7. The average molecular weight is 217 g/mol. The molecule has 0 saturated carbocycles. The lowest BCUT2D eigenvalue weighted by atomic mass is 10.1. The molecule has 0 saturated heterocycles. The smallest absolute Gasteiger partial charge is 0.307 e. The molecule has 0 unspecified atom stereocenters. The van der Waals surface area contributed by atoms with Crippen LogP contribution in [0.4, 0.5) is 4.39 Å². The summed E-state index contributed by atoms with van der Waals surface area (Å²) in [6.45, 7) is 0. The van der Waals surface area contributed by atoms with E-state index in [0.29, 0.717) is 5.56 Å². The molecule has 1 N–H and O–H groups in total. The maximum absolute atomic E-state index is 13.2. The van der Waals surface area contributed by atoms with Crippen LogP contribution in [-0.2, 0) is 11.2 Å². The van der Waals surface area contributed by atoms with E-state index in [9.17, 15) is 9.18 Å². The number of nitrogens with zero attached hydrogens (tertiary/aromatic N) is 1. The standard InChI is InChI=1S/C12H8FNO2/c13-11-5-4-9(3-1-2-6-14)7-10(11)8-12(15)16/h4-5,7H,2,8H2,(H,15,16). The Hall–Kier alpha value is -2.33. The van der Waals surface area contributed by atoms with Crippen molar-refractivity contribution in [3.05, 3.63) is 35.1 Å². The van der Waals surface area contributed by atoms with Crippen LogP contribution in [0, 0.1) is 29.0 Å². The number of hydrogen-bond acceptors (Lipinski definition) is 2. The molecule has 4 heteroatoms. The lowest BCUT2D eigenvalue weighted by molar-refractivity contribution is -0.136. The topological polar surface area (TPSA) is 61.1 Å². The molecule has 0 fully saturated rings. The van der Waals surface area contributed by atoms with Gasteiger partial charge in [0.05, 0.1) is 18.9 Å². The molecule has 0 atom stereocenters. The van der Waals surface area contributed by atoms with E-state index in [4.69, 9.17) is 10.4 Å². The fourth-order valence-corrected chi connectivity index (χ4v) is 1.14. The Balaban J connectivity index is 2.95. The van der Waals surface area contributed by atoms with E-state index in [-0.39, 0.29) is 18.4 Å². The van der Waals surface area contributed by atoms with Crippen molar-refractivity contribution in [1.29, 1.82) is 5.26 Å². The van der Waals surface area contributed by atoms with Crippen molar-refractivity contribution in [3.8, 4) is 17.9 Å². The van der Waals surface area contributed by atoms with E-state index in [1.807, 2.05) is 6.07 Å². The van der Waals surface area contributed by atoms with E-state index in [1.54, 1.807) is 0 Å². The van der Waals surface area contributed by atoms with Crippen molar-refractivity contribution in [2.75, 3.05) is 0 Å². The van der Waals surface area contributed by atoms with Crippen molar-refractivity contribution < 1.29 is 14.3 Å². The number of nitriles is 1. The van der Waals surface area contributed by atoms with Gasteiger partial charge >= 0.3 is 5.97 Å². The van der Waals surface area contributed by atoms with Gasteiger partial charge in [-0.2, -0.15) is 5.26 Å². The highest BCUT2D eigenvalue weighted by Gasteiger charge is 2.06. The van der Waals surface area contributed by atoms with Crippen LogP contribution in [0.5, 0.6) is 0 Å². The van der Waals surface area contributed by atoms with E-state index in [1.165, 1.54) is 18.2 Å². The Labute approximate surface area is 92.1 Å². The molecule has 0 spiro atoms. The molecule has 1 aromatic carbocycles. The van der Waals surface area contributed by atoms with Gasteiger partial charge in [0.15, 0.2) is 0 Å². The molecule has 0 aromatic heterocycles. The van der Waals surface area contributed by atoms with E-state index in [0.717, 1.165) is 0 Å². The summed E-state index contributed by atoms with van der Waals surface area (Å²) >= 11 is 0. The second kappa shape index (κ2) is 5.53. The van der Waals surface area contributed by atoms with Crippen LogP contribution < -0.4 is 0 Å². The molecule has 0 bridgehead atoms. The number of carbonyl (C=O) groups is 1. The summed E-state index contributed by atoms with van der Waals surface area (Å²) in [6.07, 6.45) is -0.286. The maximum Gasteiger partial charge on any atom is 0.307 e. The first-order chi connectivity index (χ1) is 7.63. The fourth-order valence-electron chi connectivity index (χ4n) is 1.14. The van der Waals surface area contributed by atoms with Crippen molar-refractivity contribution in [3.63, 3.8) is 0 Å². The van der Waals surface area contributed by atoms with Gasteiger partial charge in [-0.1, -0.05) is 11.8 Å². The minimum absolute atomic E-state index is 0.0889. The molecule has 0 amide bonds. The van der Waals surface area contributed by atoms with Crippen molar-refractivity contribution in [2.45, 2.75) is 12.8 Å². The molecule has 0 heterocycles. The van der Waals surface area contributed by atoms with Gasteiger partial charge in [-0.3, -0.25) is 4.79 Å². The summed E-state index contributed by atoms with van der Waals surface area (Å²) in [6, 6.07) is 5.86. The third-order valence-electron chi connectivity index (χ3n) is 1.79. The molecule has 80 valence electrons. The third-order valence-corrected chi connectivity index (χ3v) is 1.79. The molecule has 1 rings (SSSR count). The predicted molar refractivity (Wildman–Crippen MR) is 54.8 cm³/mol. The van der Waals surface area contributed by atoms with E-state index < -0.39 is 11.8 Å². The Morgan fingerprint density at radius 3 is 2.88 bits per heavy atom. The van der Waals surface area contributed by atoms with Crippen LogP contribution in [-0.4, -0.2) is 11.1 Å². The number of carboxylic acid groups (broad SMARTS) is 1. The summed E-state index contributed by atoms with van der Waals surface area (Å²) in [7, 11) is 0. The van der Waals surface area contributed by atoms with Gasteiger partial charge in [0.2, 0.25) is 0 Å². The van der Waals surface area contributed by atoms with Crippen LogP contribution in [0.15, 0.2) is 18.2 Å². The largest absolute Gasteiger partial charge is 0.481 e. The van der Waals surface area contributed by atoms with Crippen LogP contribution >= 0.6 is 0 Å². The van der Waals surface area contributed by atoms with Gasteiger partial charge in [0, 0.05) is 11.1 Å². The predicted octanol–water partition coefficient (Wildman–Crippen LogP) is 1.72. The van der Waals surface area contributed by atoms with Gasteiger partial charge < -0.3 is 5.11 Å². The summed E-state index contributed by atoms with van der Waals surface area (Å²) in [4.78, 5) is 10.4. The molecule has 0 aliphatic heterocycles. The molecule has 1 aromatic rings. The zero-order chi connectivity index (χ0) is 12.0. The number of aliphatic carboxylic acids is 1. The van der Waals surface area contributed by atoms with Crippen molar-refractivity contribution >= 4 is 5.97 Å². The molecule has 0 aliphatic rings. The highest BCUT2D eigenvalue weighted by Crippen LogP contribution is 2.10. The Bertz CT molecular complexity index is 506. The average Bonchev–Trinajstić information content (AvgIpc) is 2.22. The zero-order valence-electron chi connectivity index (χ0n) is 8.33. The van der Waals surface area contributed by atoms with E-state index >= 15 is 0 Å². The normalized spacial score (nSPS) is 8.75. The number of benzene rings is 1. The minimum Gasteiger partial charge on any atom is -0.481 e. The summed E-state index contributed by atoms with van der Waals surface area (Å²) < 4.78 is 13.2. The molecular formula is C12H8FNO2. The van der Waals surface area contributed by atoms with Crippen LogP contribution in [0.2, 0.25) is 0 Å². The second-order valence-corrected chi connectivity index (χ2v) is 3.01. The number of halogens is 1. The van der Waals surface area contributed by atoms with Crippen LogP contribution in [0.25, 0.3) is 0 Å². The zero-order valence-corrected chi connectivity index (χ0v) is 8.33. The van der Waals surface area contributed by atoms with Gasteiger partial charge in [0.1, 0.15) is 5.82 Å². The first-order valence-electron chi connectivity index (χ1n) is 4.49. The molecule has 16 heavy (non-hydrogen) atoms. The lowest BCUT2D eigenvalue weighted by Crippen LogP contribution is -2.02. The Morgan fingerprint density at radius 1 is 1.50 bits per heavy atom. The minimum atomic E-state index is -1.10. The van der Waals surface area contributed by atoms with E-state index in [2.05, 4.69) is 11.8 Å². The SMILES string of the molecule is N#CCC#Cc1ccc(F)c(CC(=O)O)c1. The monoisotopic (exact) mass is 217 g/mol. The third kappa shape index (κ3) is 3.43. The number of hydrogen-bond donors (Lipinski definition) is 1. The summed E-state index contributed by atoms with van der Waals surface area (Å²) in [5, 5.41) is 16.8. The quantitative estimate of drug-likeness (QED) is 0.767. The second-order valence-electron chi connectivity index (χ2n) is 3.01. The fraction of sp³-hybridized carbons (Fsp3) is 0.167.